The molecule has 0 spiro atoms. The van der Waals surface area contributed by atoms with Crippen molar-refractivity contribution in [3.8, 4) is 0 Å². The molecule has 17 heavy (non-hydrogen) atoms. The summed E-state index contributed by atoms with van der Waals surface area (Å²) in [4.78, 5) is 13.7. The number of piperazine rings is 1. The Morgan fingerprint density at radius 3 is 2.35 bits per heavy atom. The van der Waals surface area contributed by atoms with Crippen LogP contribution >= 0.6 is 0 Å². The van der Waals surface area contributed by atoms with Crippen molar-refractivity contribution in [3.05, 3.63) is 0 Å². The molecule has 1 aliphatic heterocycles. The highest BCUT2D eigenvalue weighted by atomic mass is 16.6. The topological polar surface area (TPSA) is 65.0 Å². The highest BCUT2D eigenvalue weighted by Crippen LogP contribution is 2.07. The van der Waals surface area contributed by atoms with Crippen LogP contribution in [-0.2, 0) is 4.74 Å². The summed E-state index contributed by atoms with van der Waals surface area (Å²) in [5.41, 5.74) is 2.25. The fourth-order valence-corrected chi connectivity index (χ4v) is 1.65. The maximum atomic E-state index is 11.5. The smallest absolute Gasteiger partial charge is 0.422 e. The normalized spacial score (nSPS) is 19.1. The summed E-state index contributed by atoms with van der Waals surface area (Å²) < 4.78 is 5.17. The number of hydrogen-bond acceptors (Lipinski definition) is 5. The van der Waals surface area contributed by atoms with E-state index < -0.39 is 11.7 Å². The second-order valence-electron chi connectivity index (χ2n) is 5.17. The lowest BCUT2D eigenvalue weighted by atomic mass is 10.2. The average molecular weight is 245 g/mol. The molecule has 0 atom stereocenters. The van der Waals surface area contributed by atoms with Gasteiger partial charge in [-0.15, -0.1) is 0 Å². The van der Waals surface area contributed by atoms with Crippen molar-refractivity contribution in [1.82, 2.24) is 15.3 Å². The Labute approximate surface area is 102 Å². The molecule has 0 radical (unpaired) electrons. The van der Waals surface area contributed by atoms with Gasteiger partial charge >= 0.3 is 6.09 Å². The summed E-state index contributed by atoms with van der Waals surface area (Å²) in [7, 11) is 0. The van der Waals surface area contributed by atoms with E-state index in [-0.39, 0.29) is 6.61 Å². The third kappa shape index (κ3) is 5.86. The molecule has 0 aromatic heterocycles. The van der Waals surface area contributed by atoms with Gasteiger partial charge in [0.05, 0.1) is 6.61 Å². The highest BCUT2D eigenvalue weighted by Gasteiger charge is 2.21. The SMILES string of the molecule is CC(C)(C)OC(=O)NN1CCN(CCO)CC1. The van der Waals surface area contributed by atoms with E-state index in [9.17, 15) is 4.79 Å². The first-order chi connectivity index (χ1) is 7.90. The summed E-state index contributed by atoms with van der Waals surface area (Å²) in [5, 5.41) is 10.7. The zero-order chi connectivity index (χ0) is 12.9. The van der Waals surface area contributed by atoms with Crippen LogP contribution in [0.3, 0.4) is 0 Å². The Bertz CT molecular complexity index is 245. The predicted molar refractivity (Wildman–Crippen MR) is 64.5 cm³/mol. The second-order valence-corrected chi connectivity index (χ2v) is 5.17. The van der Waals surface area contributed by atoms with Crippen LogP contribution in [0.15, 0.2) is 0 Å². The predicted octanol–water partition coefficient (Wildman–Crippen LogP) is 0.0360. The van der Waals surface area contributed by atoms with Gasteiger partial charge in [-0.2, -0.15) is 0 Å². The van der Waals surface area contributed by atoms with E-state index in [1.54, 1.807) is 0 Å². The molecule has 0 aromatic rings. The molecule has 0 aromatic carbocycles. The number of rotatable bonds is 3. The van der Waals surface area contributed by atoms with Gasteiger partial charge in [0.25, 0.3) is 0 Å². The van der Waals surface area contributed by atoms with Gasteiger partial charge in [-0.3, -0.25) is 10.3 Å². The maximum Gasteiger partial charge on any atom is 0.422 e. The zero-order valence-electron chi connectivity index (χ0n) is 10.9. The zero-order valence-corrected chi connectivity index (χ0v) is 10.9. The quantitative estimate of drug-likeness (QED) is 0.735. The summed E-state index contributed by atoms with van der Waals surface area (Å²) >= 11 is 0. The Balaban J connectivity index is 2.24. The van der Waals surface area contributed by atoms with Crippen molar-refractivity contribution in [2.45, 2.75) is 26.4 Å². The molecule has 1 rings (SSSR count). The first-order valence-corrected chi connectivity index (χ1v) is 5.98. The van der Waals surface area contributed by atoms with Gasteiger partial charge in [-0.05, 0) is 20.8 Å². The van der Waals surface area contributed by atoms with Crippen LogP contribution in [0.4, 0.5) is 4.79 Å². The van der Waals surface area contributed by atoms with E-state index in [1.807, 2.05) is 25.8 Å². The van der Waals surface area contributed by atoms with E-state index in [4.69, 9.17) is 9.84 Å². The average Bonchev–Trinajstić information content (AvgIpc) is 2.18. The number of carbonyl (C=O) groups is 1. The number of β-amino-alcohol motifs (C(OH)–C–C–N with tert-alkyl or cyclic N) is 1. The molecule has 2 N–H and O–H groups in total. The minimum absolute atomic E-state index is 0.180. The Morgan fingerprint density at radius 1 is 1.29 bits per heavy atom. The van der Waals surface area contributed by atoms with Crippen LogP contribution in [-0.4, -0.2) is 66.0 Å². The molecule has 1 heterocycles. The molecule has 6 nitrogen and oxygen atoms in total. The number of hydrogen-bond donors (Lipinski definition) is 2. The number of ether oxygens (including phenoxy) is 1. The van der Waals surface area contributed by atoms with Gasteiger partial charge in [-0.25, -0.2) is 9.80 Å². The number of aliphatic hydroxyl groups is 1. The van der Waals surface area contributed by atoms with Crippen LogP contribution in [0.2, 0.25) is 0 Å². The third-order valence-corrected chi connectivity index (χ3v) is 2.44. The van der Waals surface area contributed by atoms with Crippen molar-refractivity contribution < 1.29 is 14.6 Å². The van der Waals surface area contributed by atoms with E-state index in [0.29, 0.717) is 6.54 Å². The van der Waals surface area contributed by atoms with E-state index in [1.165, 1.54) is 0 Å². The number of hydrazine groups is 1. The molecule has 1 aliphatic rings. The summed E-state index contributed by atoms with van der Waals surface area (Å²) in [5.74, 6) is 0. The minimum atomic E-state index is -0.469. The molecule has 0 aliphatic carbocycles. The number of nitrogens with zero attached hydrogens (tertiary/aromatic N) is 2. The Kier molecular flexibility index (Phi) is 5.17. The van der Waals surface area contributed by atoms with Gasteiger partial charge < -0.3 is 9.84 Å². The maximum absolute atomic E-state index is 11.5. The fourth-order valence-electron chi connectivity index (χ4n) is 1.65. The van der Waals surface area contributed by atoms with Crippen LogP contribution in [0.1, 0.15) is 20.8 Å². The lowest BCUT2D eigenvalue weighted by Crippen LogP contribution is -2.54. The van der Waals surface area contributed by atoms with E-state index in [2.05, 4.69) is 10.3 Å². The van der Waals surface area contributed by atoms with Crippen molar-refractivity contribution >= 4 is 6.09 Å². The van der Waals surface area contributed by atoms with Crippen LogP contribution in [0.5, 0.6) is 0 Å². The summed E-state index contributed by atoms with van der Waals surface area (Å²) in [6.07, 6.45) is -0.409. The second kappa shape index (κ2) is 6.18. The summed E-state index contributed by atoms with van der Waals surface area (Å²) in [6.45, 7) is 9.58. The van der Waals surface area contributed by atoms with E-state index >= 15 is 0 Å². The Morgan fingerprint density at radius 2 is 1.88 bits per heavy atom. The number of aliphatic hydroxyl groups excluding tert-OH is 1. The molecule has 0 unspecified atom stereocenters. The Hall–Kier alpha value is -0.850. The van der Waals surface area contributed by atoms with Gasteiger partial charge in [0, 0.05) is 32.7 Å². The van der Waals surface area contributed by atoms with Gasteiger partial charge in [0.15, 0.2) is 0 Å². The number of carbonyl (C=O) groups excluding carboxylic acids is 1. The number of nitrogens with one attached hydrogen (secondary N) is 1. The number of amides is 1. The fraction of sp³-hybridized carbons (Fsp3) is 0.909. The third-order valence-electron chi connectivity index (χ3n) is 2.44. The minimum Gasteiger partial charge on any atom is -0.443 e. The first-order valence-electron chi connectivity index (χ1n) is 5.98. The van der Waals surface area contributed by atoms with Crippen molar-refractivity contribution in [2.24, 2.45) is 0 Å². The molecule has 1 amide bonds. The largest absolute Gasteiger partial charge is 0.443 e. The highest BCUT2D eigenvalue weighted by molar-refractivity contribution is 5.67. The standard InChI is InChI=1S/C11H23N3O3/c1-11(2,3)17-10(16)12-14-6-4-13(5-7-14)8-9-15/h15H,4-9H2,1-3H3,(H,12,16). The van der Waals surface area contributed by atoms with Gasteiger partial charge in [0.2, 0.25) is 0 Å². The molecular formula is C11H23N3O3. The lowest BCUT2D eigenvalue weighted by molar-refractivity contribution is 0.0206. The van der Waals surface area contributed by atoms with Gasteiger partial charge in [-0.1, -0.05) is 0 Å². The van der Waals surface area contributed by atoms with Crippen LogP contribution < -0.4 is 5.43 Å². The first kappa shape index (κ1) is 14.2. The monoisotopic (exact) mass is 245 g/mol. The molecule has 1 saturated heterocycles. The van der Waals surface area contributed by atoms with Crippen LogP contribution in [0.25, 0.3) is 0 Å². The molecule has 100 valence electrons. The molecular weight excluding hydrogens is 222 g/mol. The lowest BCUT2D eigenvalue weighted by Gasteiger charge is -2.34. The van der Waals surface area contributed by atoms with Crippen molar-refractivity contribution in [3.63, 3.8) is 0 Å². The van der Waals surface area contributed by atoms with E-state index in [0.717, 1.165) is 26.2 Å². The molecule has 1 fully saturated rings. The van der Waals surface area contributed by atoms with Crippen molar-refractivity contribution in [2.75, 3.05) is 39.3 Å². The molecule has 0 saturated carbocycles. The summed E-state index contributed by atoms with van der Waals surface area (Å²) in [6, 6.07) is 0. The molecule has 6 heteroatoms. The van der Waals surface area contributed by atoms with Gasteiger partial charge in [0.1, 0.15) is 5.60 Å². The van der Waals surface area contributed by atoms with Crippen molar-refractivity contribution in [1.29, 1.82) is 0 Å². The molecule has 0 bridgehead atoms. The van der Waals surface area contributed by atoms with Crippen LogP contribution in [0, 0.1) is 0 Å².